The van der Waals surface area contributed by atoms with Crippen LogP contribution in [0.5, 0.6) is 11.5 Å². The lowest BCUT2D eigenvalue weighted by Crippen LogP contribution is -2.29. The number of rotatable bonds is 11. The van der Waals surface area contributed by atoms with Crippen molar-refractivity contribution in [2.75, 3.05) is 20.3 Å². The minimum atomic E-state index is -3.95. The van der Waals surface area contributed by atoms with Crippen molar-refractivity contribution < 1.29 is 22.7 Å². The average molecular weight is 517 g/mol. The average Bonchev–Trinajstić information content (AvgIpc) is 3.15. The van der Waals surface area contributed by atoms with Crippen LogP contribution in [0.4, 0.5) is 0 Å². The highest BCUT2D eigenvalue weighted by Crippen LogP contribution is 2.35. The van der Waals surface area contributed by atoms with Crippen molar-refractivity contribution in [1.82, 2.24) is 4.90 Å². The number of benzene rings is 2. The molecule has 7 nitrogen and oxygen atoms in total. The lowest BCUT2D eigenvalue weighted by molar-refractivity contribution is -0.122. The van der Waals surface area contributed by atoms with Gasteiger partial charge in [-0.05, 0) is 73.0 Å². The van der Waals surface area contributed by atoms with E-state index in [4.69, 9.17) is 9.47 Å². The molecule has 0 saturated carbocycles. The molecule has 0 bridgehead atoms. The molecule has 1 fully saturated rings. The topological polar surface area (TPSA) is 85.3 Å². The highest BCUT2D eigenvalue weighted by molar-refractivity contribution is 8.19. The molecule has 0 spiro atoms. The van der Waals surface area contributed by atoms with Gasteiger partial charge in [-0.2, -0.15) is 8.42 Å². The summed E-state index contributed by atoms with van der Waals surface area (Å²) in [6.07, 6.45) is 5.71. The zero-order chi connectivity index (χ0) is 25.4. The Morgan fingerprint density at radius 1 is 1.03 bits per heavy atom. The third-order valence-corrected chi connectivity index (χ3v) is 7.93. The van der Waals surface area contributed by atoms with Gasteiger partial charge in [0.05, 0.1) is 23.5 Å². The van der Waals surface area contributed by atoms with Crippen LogP contribution in [0.1, 0.15) is 51.2 Å². The number of unbranched alkanes of at least 4 members (excludes halogenated alkanes) is 2. The summed E-state index contributed by atoms with van der Waals surface area (Å²) in [4.78, 5) is 14.8. The molecular formula is C26H32N2O5S2. The Kier molecular flexibility index (Phi) is 9.40. The van der Waals surface area contributed by atoms with E-state index in [0.29, 0.717) is 29.6 Å². The summed E-state index contributed by atoms with van der Waals surface area (Å²) in [6, 6.07) is 12.1. The zero-order valence-electron chi connectivity index (χ0n) is 20.6. The van der Waals surface area contributed by atoms with Crippen molar-refractivity contribution in [3.05, 3.63) is 58.5 Å². The predicted octanol–water partition coefficient (Wildman–Crippen LogP) is 5.51. The van der Waals surface area contributed by atoms with E-state index in [1.807, 2.05) is 19.1 Å². The van der Waals surface area contributed by atoms with Gasteiger partial charge in [0, 0.05) is 6.54 Å². The number of carbonyl (C=O) groups is 1. The van der Waals surface area contributed by atoms with Gasteiger partial charge in [0.1, 0.15) is 0 Å². The Morgan fingerprint density at radius 2 is 1.77 bits per heavy atom. The Hall–Kier alpha value is -2.78. The van der Waals surface area contributed by atoms with Crippen molar-refractivity contribution in [3.63, 3.8) is 0 Å². The van der Waals surface area contributed by atoms with Crippen LogP contribution in [0.15, 0.2) is 56.7 Å². The van der Waals surface area contributed by atoms with Crippen LogP contribution in [0.2, 0.25) is 0 Å². The quantitative estimate of drug-likeness (QED) is 0.289. The normalized spacial score (nSPS) is 16.3. The largest absolute Gasteiger partial charge is 0.493 e. The van der Waals surface area contributed by atoms with Gasteiger partial charge in [-0.3, -0.25) is 9.69 Å². The second-order valence-electron chi connectivity index (χ2n) is 7.97. The van der Waals surface area contributed by atoms with E-state index >= 15 is 0 Å². The van der Waals surface area contributed by atoms with Gasteiger partial charge in [0.25, 0.3) is 15.9 Å². The van der Waals surface area contributed by atoms with Gasteiger partial charge in [-0.15, -0.1) is 4.40 Å². The summed E-state index contributed by atoms with van der Waals surface area (Å²) >= 11 is 1.05. The predicted molar refractivity (Wildman–Crippen MR) is 141 cm³/mol. The number of methoxy groups -OCH3 is 1. The highest BCUT2D eigenvalue weighted by atomic mass is 32.2. The molecule has 0 aliphatic carbocycles. The molecule has 35 heavy (non-hydrogen) atoms. The van der Waals surface area contributed by atoms with Crippen molar-refractivity contribution in [1.29, 1.82) is 0 Å². The van der Waals surface area contributed by atoms with Gasteiger partial charge in [0.15, 0.2) is 16.7 Å². The molecule has 188 valence electrons. The third-order valence-electron chi connectivity index (χ3n) is 5.52. The Labute approximate surface area is 212 Å². The summed E-state index contributed by atoms with van der Waals surface area (Å²) in [7, 11) is -2.38. The summed E-state index contributed by atoms with van der Waals surface area (Å²) in [5.41, 5.74) is 1.78. The molecule has 0 radical (unpaired) electrons. The zero-order valence-corrected chi connectivity index (χ0v) is 22.2. The van der Waals surface area contributed by atoms with Crippen LogP contribution >= 0.6 is 11.8 Å². The third kappa shape index (κ3) is 6.67. The molecule has 0 unspecified atom stereocenters. The van der Waals surface area contributed by atoms with E-state index in [1.165, 1.54) is 4.90 Å². The maximum Gasteiger partial charge on any atom is 0.284 e. The lowest BCUT2D eigenvalue weighted by atomic mass is 10.2. The molecule has 3 rings (SSSR count). The molecular weight excluding hydrogens is 484 g/mol. The first-order valence-electron chi connectivity index (χ1n) is 11.8. The van der Waals surface area contributed by atoms with Gasteiger partial charge < -0.3 is 9.47 Å². The molecule has 0 aromatic heterocycles. The summed E-state index contributed by atoms with van der Waals surface area (Å²) in [5, 5.41) is 0.145. The summed E-state index contributed by atoms with van der Waals surface area (Å²) < 4.78 is 41.1. The highest BCUT2D eigenvalue weighted by Gasteiger charge is 2.34. The number of ether oxygens (including phenoxy) is 2. The molecule has 1 amide bonds. The Balaban J connectivity index is 1.84. The minimum Gasteiger partial charge on any atom is -0.493 e. The molecule has 1 saturated heterocycles. The number of hydrogen-bond donors (Lipinski definition) is 0. The monoisotopic (exact) mass is 516 g/mol. The molecule has 9 heteroatoms. The summed E-state index contributed by atoms with van der Waals surface area (Å²) in [5.74, 6) is 0.936. The van der Waals surface area contributed by atoms with Crippen LogP contribution < -0.4 is 9.47 Å². The minimum absolute atomic E-state index is 0.1000. The van der Waals surface area contributed by atoms with E-state index in [2.05, 4.69) is 11.3 Å². The molecule has 1 aliphatic rings. The first-order chi connectivity index (χ1) is 16.8. The van der Waals surface area contributed by atoms with Gasteiger partial charge in [-0.1, -0.05) is 44.9 Å². The van der Waals surface area contributed by atoms with Crippen LogP contribution in [-0.4, -0.2) is 44.7 Å². The first-order valence-corrected chi connectivity index (χ1v) is 14.0. The fourth-order valence-corrected chi connectivity index (χ4v) is 5.73. The SMILES string of the molecule is CCCCCOc1ccc(/C=C2\S/C(=N/S(=O)(=O)c3ccc(CC)cc3)N(CC)C2=O)cc1OC. The fourth-order valence-electron chi connectivity index (χ4n) is 3.49. The van der Waals surface area contributed by atoms with Crippen LogP contribution in [-0.2, 0) is 21.2 Å². The van der Waals surface area contributed by atoms with Gasteiger partial charge in [0.2, 0.25) is 0 Å². The standard InChI is InChI=1S/C26H32N2O5S2/c1-5-8-9-16-33-22-15-12-20(17-23(22)32-4)18-24-25(29)28(7-3)26(34-24)27-35(30,31)21-13-10-19(6-2)11-14-21/h10-15,17-18H,5-9,16H2,1-4H3/b24-18-,27-26+. The van der Waals surface area contributed by atoms with E-state index < -0.39 is 10.0 Å². The molecule has 1 aliphatic heterocycles. The number of likely N-dealkylation sites (N-methyl/N-ethyl adjacent to an activating group) is 1. The maximum absolute atomic E-state index is 13.0. The Morgan fingerprint density at radius 3 is 2.40 bits per heavy atom. The second kappa shape index (κ2) is 12.3. The van der Waals surface area contributed by atoms with Gasteiger partial charge >= 0.3 is 0 Å². The van der Waals surface area contributed by atoms with Crippen molar-refractivity contribution in [3.8, 4) is 11.5 Å². The number of sulfonamides is 1. The number of amides is 1. The number of nitrogens with zero attached hydrogens (tertiary/aromatic N) is 2. The smallest absolute Gasteiger partial charge is 0.284 e. The fraction of sp³-hybridized carbons (Fsp3) is 0.385. The molecule has 2 aromatic rings. The lowest BCUT2D eigenvalue weighted by Gasteiger charge is -2.12. The van der Waals surface area contributed by atoms with Crippen LogP contribution in [0.3, 0.4) is 0 Å². The van der Waals surface area contributed by atoms with E-state index in [1.54, 1.807) is 50.4 Å². The van der Waals surface area contributed by atoms with E-state index in [0.717, 1.165) is 48.6 Å². The molecule has 1 heterocycles. The molecule has 0 N–H and O–H groups in total. The Bertz CT molecular complexity index is 1200. The molecule has 2 aromatic carbocycles. The summed E-state index contributed by atoms with van der Waals surface area (Å²) in [6.45, 7) is 6.84. The van der Waals surface area contributed by atoms with Gasteiger partial charge in [-0.25, -0.2) is 0 Å². The number of hydrogen-bond acceptors (Lipinski definition) is 6. The van der Waals surface area contributed by atoms with E-state index in [9.17, 15) is 13.2 Å². The van der Waals surface area contributed by atoms with Crippen LogP contribution in [0.25, 0.3) is 6.08 Å². The van der Waals surface area contributed by atoms with Crippen molar-refractivity contribution >= 4 is 38.9 Å². The second-order valence-corrected chi connectivity index (χ2v) is 10.6. The maximum atomic E-state index is 13.0. The van der Waals surface area contributed by atoms with Crippen molar-refractivity contribution in [2.24, 2.45) is 4.40 Å². The number of carbonyl (C=O) groups excluding carboxylic acids is 1. The number of aryl methyl sites for hydroxylation is 1. The number of thioether (sulfide) groups is 1. The first kappa shape index (κ1) is 26.8. The van der Waals surface area contributed by atoms with Crippen molar-refractivity contribution in [2.45, 2.75) is 51.3 Å². The molecule has 0 atom stereocenters. The number of amidine groups is 1. The van der Waals surface area contributed by atoms with E-state index in [-0.39, 0.29) is 16.0 Å². The van der Waals surface area contributed by atoms with Crippen LogP contribution in [0, 0.1) is 0 Å².